The van der Waals surface area contributed by atoms with Crippen LogP contribution in [0.1, 0.15) is 56.9 Å². The molecule has 0 aromatic heterocycles. The molecule has 0 spiro atoms. The Kier molecular flexibility index (Phi) is 6.97. The highest BCUT2D eigenvalue weighted by Gasteiger charge is 2.33. The minimum atomic E-state index is -1.13. The maximum Gasteiger partial charge on any atom is 0.160 e. The molecule has 2 aliphatic rings. The highest BCUT2D eigenvalue weighted by Crippen LogP contribution is 2.40. The van der Waals surface area contributed by atoms with Crippen molar-refractivity contribution >= 4 is 0 Å². The molecule has 1 aliphatic heterocycles. The van der Waals surface area contributed by atoms with Crippen LogP contribution in [0, 0.1) is 35.1 Å². The molecular weight excluding hydrogens is 408 g/mol. The van der Waals surface area contributed by atoms with Gasteiger partial charge in [-0.25, -0.2) is 17.6 Å². The van der Waals surface area contributed by atoms with Crippen LogP contribution < -0.4 is 0 Å². The molecule has 0 amide bonds. The van der Waals surface area contributed by atoms with E-state index < -0.39 is 23.3 Å². The summed E-state index contributed by atoms with van der Waals surface area (Å²) in [7, 11) is 0. The van der Waals surface area contributed by atoms with Crippen molar-refractivity contribution < 1.29 is 27.0 Å². The van der Waals surface area contributed by atoms with E-state index in [0.29, 0.717) is 17.4 Å². The van der Waals surface area contributed by atoms with E-state index in [0.717, 1.165) is 63.9 Å². The molecular formula is C25H28F4O2. The number of benzene rings is 2. The third-order valence-corrected chi connectivity index (χ3v) is 6.59. The molecule has 2 nitrogen and oxygen atoms in total. The third kappa shape index (κ3) is 4.96. The van der Waals surface area contributed by atoms with Gasteiger partial charge in [-0.1, -0.05) is 19.4 Å². The van der Waals surface area contributed by atoms with Gasteiger partial charge < -0.3 is 9.47 Å². The monoisotopic (exact) mass is 436 g/mol. The zero-order valence-corrected chi connectivity index (χ0v) is 17.7. The second-order valence-corrected chi connectivity index (χ2v) is 8.79. The summed E-state index contributed by atoms with van der Waals surface area (Å²) in [5.74, 6) is -2.88. The van der Waals surface area contributed by atoms with Gasteiger partial charge in [-0.3, -0.25) is 0 Å². The highest BCUT2D eigenvalue weighted by molar-refractivity contribution is 5.65. The van der Waals surface area contributed by atoms with Crippen molar-refractivity contribution in [3.63, 3.8) is 0 Å². The van der Waals surface area contributed by atoms with E-state index in [-0.39, 0.29) is 23.3 Å². The maximum absolute atomic E-state index is 14.8. The van der Waals surface area contributed by atoms with E-state index >= 15 is 0 Å². The molecule has 1 saturated carbocycles. The Balaban J connectivity index is 1.40. The maximum atomic E-state index is 14.8. The van der Waals surface area contributed by atoms with Crippen molar-refractivity contribution in [1.29, 1.82) is 0 Å². The first-order chi connectivity index (χ1) is 15.0. The summed E-state index contributed by atoms with van der Waals surface area (Å²) in [5, 5.41) is 0. The largest absolute Gasteiger partial charge is 0.352 e. The van der Waals surface area contributed by atoms with E-state index in [9.17, 15) is 17.6 Å². The summed E-state index contributed by atoms with van der Waals surface area (Å²) in [6.45, 7) is 3.63. The summed E-state index contributed by atoms with van der Waals surface area (Å²) in [4.78, 5) is 0. The fourth-order valence-corrected chi connectivity index (χ4v) is 4.89. The predicted octanol–water partition coefficient (Wildman–Crippen LogP) is 6.97. The first-order valence-corrected chi connectivity index (χ1v) is 11.1. The second-order valence-electron chi connectivity index (χ2n) is 8.79. The number of rotatable bonds is 5. The molecule has 0 bridgehead atoms. The molecule has 1 saturated heterocycles. The molecule has 6 heteroatoms. The minimum absolute atomic E-state index is 0.0165. The summed E-state index contributed by atoms with van der Waals surface area (Å²) >= 11 is 0. The number of hydrogen-bond acceptors (Lipinski definition) is 2. The quantitative estimate of drug-likeness (QED) is 0.471. The lowest BCUT2D eigenvalue weighted by Crippen LogP contribution is -2.38. The lowest BCUT2D eigenvalue weighted by molar-refractivity contribution is -0.229. The molecule has 1 aliphatic carbocycles. The summed E-state index contributed by atoms with van der Waals surface area (Å²) in [6.07, 6.45) is 5.40. The fraction of sp³-hybridized carbons (Fsp3) is 0.520. The Bertz CT molecular complexity index is 877. The Hall–Kier alpha value is -1.92. The molecule has 31 heavy (non-hydrogen) atoms. The van der Waals surface area contributed by atoms with Crippen molar-refractivity contribution in [3.8, 4) is 11.1 Å². The van der Waals surface area contributed by atoms with Crippen LogP contribution in [-0.2, 0) is 9.47 Å². The van der Waals surface area contributed by atoms with Gasteiger partial charge in [0.05, 0.1) is 18.8 Å². The van der Waals surface area contributed by atoms with Crippen molar-refractivity contribution in [3.05, 3.63) is 59.2 Å². The van der Waals surface area contributed by atoms with Gasteiger partial charge in [-0.2, -0.15) is 0 Å². The molecule has 1 heterocycles. The minimum Gasteiger partial charge on any atom is -0.352 e. The molecule has 4 rings (SSSR count). The molecule has 2 fully saturated rings. The topological polar surface area (TPSA) is 18.5 Å². The van der Waals surface area contributed by atoms with Crippen LogP contribution in [0.5, 0.6) is 0 Å². The van der Waals surface area contributed by atoms with Crippen LogP contribution in [0.4, 0.5) is 17.6 Å². The Morgan fingerprint density at radius 1 is 0.806 bits per heavy atom. The van der Waals surface area contributed by atoms with Crippen LogP contribution in [0.15, 0.2) is 30.3 Å². The molecule has 0 N–H and O–H groups in total. The van der Waals surface area contributed by atoms with Crippen LogP contribution in [0.2, 0.25) is 0 Å². The summed E-state index contributed by atoms with van der Waals surface area (Å²) in [5.41, 5.74) is 0.257. The first kappa shape index (κ1) is 22.3. The third-order valence-electron chi connectivity index (χ3n) is 6.59. The summed E-state index contributed by atoms with van der Waals surface area (Å²) < 4.78 is 68.1. The van der Waals surface area contributed by atoms with Gasteiger partial charge in [-0.05, 0) is 73.4 Å². The number of halogens is 4. The van der Waals surface area contributed by atoms with Crippen LogP contribution in [-0.4, -0.2) is 19.5 Å². The van der Waals surface area contributed by atoms with Gasteiger partial charge in [-0.15, -0.1) is 0 Å². The van der Waals surface area contributed by atoms with Gasteiger partial charge >= 0.3 is 0 Å². The average Bonchev–Trinajstić information content (AvgIpc) is 2.76. The van der Waals surface area contributed by atoms with E-state index in [1.54, 1.807) is 0 Å². The molecule has 2 aromatic rings. The van der Waals surface area contributed by atoms with Crippen LogP contribution in [0.3, 0.4) is 0 Å². The SMILES string of the molecule is CCCC1COC(C2CCC(c3cc(F)c(-c4ccc(F)c(F)c4)c(F)c3)CC2)OC1. The molecule has 0 atom stereocenters. The molecule has 0 unspecified atom stereocenters. The average molecular weight is 436 g/mol. The van der Waals surface area contributed by atoms with Gasteiger partial charge in [0, 0.05) is 11.8 Å². The second kappa shape index (κ2) is 9.70. The van der Waals surface area contributed by atoms with Crippen molar-refractivity contribution in [2.75, 3.05) is 13.2 Å². The van der Waals surface area contributed by atoms with Crippen molar-refractivity contribution in [2.24, 2.45) is 11.8 Å². The molecule has 2 aromatic carbocycles. The van der Waals surface area contributed by atoms with Crippen molar-refractivity contribution in [1.82, 2.24) is 0 Å². The molecule has 168 valence electrons. The van der Waals surface area contributed by atoms with Crippen molar-refractivity contribution in [2.45, 2.75) is 57.7 Å². The highest BCUT2D eigenvalue weighted by atomic mass is 19.2. The van der Waals surface area contributed by atoms with E-state index in [2.05, 4.69) is 6.92 Å². The number of hydrogen-bond donors (Lipinski definition) is 0. The predicted molar refractivity (Wildman–Crippen MR) is 110 cm³/mol. The van der Waals surface area contributed by atoms with Gasteiger partial charge in [0.2, 0.25) is 0 Å². The molecule has 0 radical (unpaired) electrons. The standard InChI is InChI=1S/C25H28F4O2/c1-2-3-15-13-30-25(31-14-15)17-6-4-16(5-7-17)19-11-22(28)24(23(29)12-19)18-8-9-20(26)21(27)10-18/h8-12,15-17,25H,2-7,13-14H2,1H3. The van der Waals surface area contributed by atoms with Gasteiger partial charge in [0.1, 0.15) is 11.6 Å². The van der Waals surface area contributed by atoms with Crippen LogP contribution in [0.25, 0.3) is 11.1 Å². The zero-order chi connectivity index (χ0) is 22.0. The van der Waals surface area contributed by atoms with E-state index in [1.165, 1.54) is 18.2 Å². The van der Waals surface area contributed by atoms with Crippen LogP contribution >= 0.6 is 0 Å². The zero-order valence-electron chi connectivity index (χ0n) is 17.7. The van der Waals surface area contributed by atoms with Gasteiger partial charge in [0.25, 0.3) is 0 Å². The number of ether oxygens (including phenoxy) is 2. The first-order valence-electron chi connectivity index (χ1n) is 11.1. The Morgan fingerprint density at radius 2 is 1.45 bits per heavy atom. The Labute approximate surface area is 180 Å². The lowest BCUT2D eigenvalue weighted by atomic mass is 9.78. The lowest BCUT2D eigenvalue weighted by Gasteiger charge is -2.37. The van der Waals surface area contributed by atoms with E-state index in [4.69, 9.17) is 9.47 Å². The fourth-order valence-electron chi connectivity index (χ4n) is 4.89. The van der Waals surface area contributed by atoms with E-state index in [1.807, 2.05) is 0 Å². The Morgan fingerprint density at radius 3 is 2.03 bits per heavy atom. The normalized spacial score (nSPS) is 26.7. The van der Waals surface area contributed by atoms with Gasteiger partial charge in [0.15, 0.2) is 17.9 Å². The summed E-state index contributed by atoms with van der Waals surface area (Å²) in [6, 6.07) is 5.52. The smallest absolute Gasteiger partial charge is 0.160 e.